The Morgan fingerprint density at radius 3 is 2.94 bits per heavy atom. The predicted octanol–water partition coefficient (Wildman–Crippen LogP) is 1.84. The zero-order valence-electron chi connectivity index (χ0n) is 9.14. The van der Waals surface area contributed by atoms with E-state index >= 15 is 0 Å². The number of benzene rings is 1. The maximum absolute atomic E-state index is 10.7. The molecule has 1 aromatic carbocycles. The number of rotatable bonds is 5. The molecule has 1 aromatic rings. The monoisotopic (exact) mass is 221 g/mol. The second kappa shape index (κ2) is 5.27. The lowest BCUT2D eigenvalue weighted by Crippen LogP contribution is -2.22. The van der Waals surface area contributed by atoms with E-state index in [1.165, 1.54) is 6.07 Å². The largest absolute Gasteiger partial charge is 0.393 e. The molecule has 0 aliphatic carbocycles. The van der Waals surface area contributed by atoms with Crippen molar-refractivity contribution in [1.29, 1.82) is 0 Å². The summed E-state index contributed by atoms with van der Waals surface area (Å²) < 4.78 is 0. The first-order valence-electron chi connectivity index (χ1n) is 4.93. The molecular weight excluding hydrogens is 206 g/mol. The van der Waals surface area contributed by atoms with E-state index in [0.717, 1.165) is 5.56 Å². The highest BCUT2D eigenvalue weighted by atomic mass is 16.6. The Hall–Kier alpha value is -1.88. The van der Waals surface area contributed by atoms with E-state index in [1.54, 1.807) is 18.2 Å². The van der Waals surface area contributed by atoms with Crippen LogP contribution in [-0.4, -0.2) is 11.0 Å². The van der Waals surface area contributed by atoms with Gasteiger partial charge in [0.1, 0.15) is 5.69 Å². The SMILES string of the molecule is C=CC(C)NCc1ccc(N)c([N+](=O)[O-])c1. The molecule has 0 saturated heterocycles. The molecule has 0 fully saturated rings. The number of hydrogen-bond acceptors (Lipinski definition) is 4. The molecule has 5 heteroatoms. The average molecular weight is 221 g/mol. The number of nitrogens with zero attached hydrogens (tertiary/aromatic N) is 1. The van der Waals surface area contributed by atoms with Crippen LogP contribution in [0.5, 0.6) is 0 Å². The van der Waals surface area contributed by atoms with Gasteiger partial charge in [0, 0.05) is 18.7 Å². The van der Waals surface area contributed by atoms with Gasteiger partial charge in [-0.25, -0.2) is 0 Å². The van der Waals surface area contributed by atoms with Crippen molar-refractivity contribution >= 4 is 11.4 Å². The maximum atomic E-state index is 10.7. The van der Waals surface area contributed by atoms with Gasteiger partial charge in [0.25, 0.3) is 5.69 Å². The van der Waals surface area contributed by atoms with Crippen molar-refractivity contribution in [2.45, 2.75) is 19.5 Å². The maximum Gasteiger partial charge on any atom is 0.292 e. The van der Waals surface area contributed by atoms with Crippen LogP contribution in [-0.2, 0) is 6.54 Å². The molecule has 86 valence electrons. The summed E-state index contributed by atoms with van der Waals surface area (Å²) in [6, 6.07) is 4.97. The summed E-state index contributed by atoms with van der Waals surface area (Å²) in [7, 11) is 0. The summed E-state index contributed by atoms with van der Waals surface area (Å²) in [4.78, 5) is 10.2. The quantitative estimate of drug-likeness (QED) is 0.344. The summed E-state index contributed by atoms with van der Waals surface area (Å²) in [5.74, 6) is 0. The second-order valence-electron chi connectivity index (χ2n) is 3.56. The van der Waals surface area contributed by atoms with Gasteiger partial charge in [-0.3, -0.25) is 10.1 Å². The highest BCUT2D eigenvalue weighted by molar-refractivity contribution is 5.59. The lowest BCUT2D eigenvalue weighted by Gasteiger charge is -2.09. The van der Waals surface area contributed by atoms with Gasteiger partial charge in [0.15, 0.2) is 0 Å². The third kappa shape index (κ3) is 3.06. The number of nitro benzene ring substituents is 1. The standard InChI is InChI=1S/C11H15N3O2/c1-3-8(2)13-7-9-4-5-10(12)11(6-9)14(15)16/h3-6,8,13H,1,7,12H2,2H3. The van der Waals surface area contributed by atoms with Crippen LogP contribution in [0.25, 0.3) is 0 Å². The Labute approximate surface area is 94.1 Å². The van der Waals surface area contributed by atoms with Crippen LogP contribution in [0.1, 0.15) is 12.5 Å². The van der Waals surface area contributed by atoms with Gasteiger partial charge in [-0.15, -0.1) is 6.58 Å². The number of anilines is 1. The first-order valence-corrected chi connectivity index (χ1v) is 4.93. The fourth-order valence-electron chi connectivity index (χ4n) is 1.22. The molecule has 5 nitrogen and oxygen atoms in total. The Balaban J connectivity index is 2.79. The van der Waals surface area contributed by atoms with Crippen LogP contribution < -0.4 is 11.1 Å². The molecule has 0 heterocycles. The Morgan fingerprint density at radius 1 is 1.69 bits per heavy atom. The van der Waals surface area contributed by atoms with Gasteiger partial charge >= 0.3 is 0 Å². The number of nitro groups is 1. The average Bonchev–Trinajstić information content (AvgIpc) is 2.27. The first kappa shape index (κ1) is 12.2. The zero-order chi connectivity index (χ0) is 12.1. The minimum absolute atomic E-state index is 0.0504. The van der Waals surface area contributed by atoms with Crippen LogP contribution in [0.15, 0.2) is 30.9 Å². The highest BCUT2D eigenvalue weighted by Crippen LogP contribution is 2.22. The molecule has 0 bridgehead atoms. The van der Waals surface area contributed by atoms with Crippen molar-refractivity contribution in [3.05, 3.63) is 46.5 Å². The third-order valence-electron chi connectivity index (χ3n) is 2.27. The van der Waals surface area contributed by atoms with Crippen LogP contribution in [0, 0.1) is 10.1 Å². The van der Waals surface area contributed by atoms with E-state index < -0.39 is 4.92 Å². The number of nitrogen functional groups attached to an aromatic ring is 1. The molecule has 0 saturated carbocycles. The topological polar surface area (TPSA) is 81.2 Å². The Kier molecular flexibility index (Phi) is 4.02. The molecule has 1 unspecified atom stereocenters. The Bertz CT molecular complexity index is 404. The van der Waals surface area contributed by atoms with E-state index in [0.29, 0.717) is 6.54 Å². The van der Waals surface area contributed by atoms with E-state index in [1.807, 2.05) is 6.92 Å². The van der Waals surface area contributed by atoms with E-state index in [4.69, 9.17) is 5.73 Å². The van der Waals surface area contributed by atoms with Crippen molar-refractivity contribution in [3.8, 4) is 0 Å². The lowest BCUT2D eigenvalue weighted by atomic mass is 10.1. The predicted molar refractivity (Wildman–Crippen MR) is 64.0 cm³/mol. The van der Waals surface area contributed by atoms with Gasteiger partial charge in [0.05, 0.1) is 4.92 Å². The fraction of sp³-hybridized carbons (Fsp3) is 0.273. The number of nitrogens with two attached hydrogens (primary N) is 1. The van der Waals surface area contributed by atoms with Gasteiger partial charge in [-0.2, -0.15) is 0 Å². The zero-order valence-corrected chi connectivity index (χ0v) is 9.14. The van der Waals surface area contributed by atoms with E-state index in [9.17, 15) is 10.1 Å². The Morgan fingerprint density at radius 2 is 2.38 bits per heavy atom. The minimum Gasteiger partial charge on any atom is -0.393 e. The molecule has 1 rings (SSSR count). The van der Waals surface area contributed by atoms with Crippen molar-refractivity contribution in [2.24, 2.45) is 0 Å². The number of nitrogens with one attached hydrogen (secondary N) is 1. The lowest BCUT2D eigenvalue weighted by molar-refractivity contribution is -0.384. The normalized spacial score (nSPS) is 12.1. The minimum atomic E-state index is -0.476. The van der Waals surface area contributed by atoms with Crippen molar-refractivity contribution in [3.63, 3.8) is 0 Å². The van der Waals surface area contributed by atoms with Crippen molar-refractivity contribution < 1.29 is 4.92 Å². The van der Waals surface area contributed by atoms with Crippen LogP contribution >= 0.6 is 0 Å². The highest BCUT2D eigenvalue weighted by Gasteiger charge is 2.11. The van der Waals surface area contributed by atoms with Gasteiger partial charge < -0.3 is 11.1 Å². The second-order valence-corrected chi connectivity index (χ2v) is 3.56. The molecule has 16 heavy (non-hydrogen) atoms. The third-order valence-corrected chi connectivity index (χ3v) is 2.27. The smallest absolute Gasteiger partial charge is 0.292 e. The fourth-order valence-corrected chi connectivity index (χ4v) is 1.22. The van der Waals surface area contributed by atoms with Gasteiger partial charge in [-0.1, -0.05) is 12.1 Å². The van der Waals surface area contributed by atoms with Crippen LogP contribution in [0.4, 0.5) is 11.4 Å². The molecule has 0 amide bonds. The molecular formula is C11H15N3O2. The summed E-state index contributed by atoms with van der Waals surface area (Å²) in [6.07, 6.45) is 1.77. The molecule has 0 spiro atoms. The van der Waals surface area contributed by atoms with Crippen LogP contribution in [0.3, 0.4) is 0 Å². The summed E-state index contributed by atoms with van der Waals surface area (Å²) in [5.41, 5.74) is 6.46. The molecule has 1 atom stereocenters. The molecule has 0 radical (unpaired) electrons. The summed E-state index contributed by atoms with van der Waals surface area (Å²) in [5, 5.41) is 13.8. The van der Waals surface area contributed by atoms with Crippen molar-refractivity contribution in [2.75, 3.05) is 5.73 Å². The van der Waals surface area contributed by atoms with E-state index in [-0.39, 0.29) is 17.4 Å². The summed E-state index contributed by atoms with van der Waals surface area (Å²) >= 11 is 0. The van der Waals surface area contributed by atoms with Gasteiger partial charge in [0.2, 0.25) is 0 Å². The van der Waals surface area contributed by atoms with Crippen molar-refractivity contribution in [1.82, 2.24) is 5.32 Å². The molecule has 0 aliphatic heterocycles. The number of hydrogen-bond donors (Lipinski definition) is 2. The van der Waals surface area contributed by atoms with Gasteiger partial charge in [-0.05, 0) is 18.6 Å². The first-order chi connectivity index (χ1) is 7.54. The van der Waals surface area contributed by atoms with E-state index in [2.05, 4.69) is 11.9 Å². The summed E-state index contributed by atoms with van der Waals surface area (Å²) in [6.45, 7) is 6.15. The molecule has 3 N–H and O–H groups in total. The molecule has 0 aromatic heterocycles. The molecule has 0 aliphatic rings. The van der Waals surface area contributed by atoms with Crippen LogP contribution in [0.2, 0.25) is 0 Å².